The van der Waals surface area contributed by atoms with Gasteiger partial charge in [0.1, 0.15) is 0 Å². The Bertz CT molecular complexity index is 436. The maximum atomic E-state index is 12.8. The minimum Gasteiger partial charge on any atom is -0.331 e. The monoisotopic (exact) mass is 281 g/mol. The fraction of sp³-hybridized carbons (Fsp3) is 0.875. The van der Waals surface area contributed by atoms with Crippen LogP contribution < -0.4 is 0 Å². The number of quaternary nitrogens is 1. The van der Waals surface area contributed by atoms with Crippen molar-refractivity contribution >= 4 is 11.8 Å². The molecule has 1 saturated carbocycles. The molecule has 20 heavy (non-hydrogen) atoms. The van der Waals surface area contributed by atoms with Crippen LogP contribution in [0.4, 0.5) is 0 Å². The Kier molecular flexibility index (Phi) is 3.52. The summed E-state index contributed by atoms with van der Waals surface area (Å²) in [5.41, 5.74) is -0.556. The summed E-state index contributed by atoms with van der Waals surface area (Å²) >= 11 is 0. The molecule has 1 heterocycles. The van der Waals surface area contributed by atoms with E-state index in [2.05, 4.69) is 41.9 Å². The highest BCUT2D eigenvalue weighted by atomic mass is 16.2. The van der Waals surface area contributed by atoms with E-state index >= 15 is 0 Å². The van der Waals surface area contributed by atoms with Crippen molar-refractivity contribution in [3.8, 4) is 0 Å². The van der Waals surface area contributed by atoms with E-state index in [1.165, 1.54) is 0 Å². The summed E-state index contributed by atoms with van der Waals surface area (Å²) < 4.78 is 0.864. The predicted molar refractivity (Wildman–Crippen MR) is 78.8 cm³/mol. The van der Waals surface area contributed by atoms with E-state index in [0.717, 1.165) is 30.3 Å². The summed E-state index contributed by atoms with van der Waals surface area (Å²) in [6.07, 6.45) is 2.59. The van der Waals surface area contributed by atoms with Crippen molar-refractivity contribution in [3.63, 3.8) is 0 Å². The molecule has 1 saturated heterocycles. The number of nitrogens with zero attached hydrogens (tertiary/aromatic N) is 2. The van der Waals surface area contributed by atoms with E-state index in [0.29, 0.717) is 6.54 Å². The van der Waals surface area contributed by atoms with Gasteiger partial charge in [-0.25, -0.2) is 0 Å². The van der Waals surface area contributed by atoms with Crippen LogP contribution in [0.1, 0.15) is 40.0 Å². The quantitative estimate of drug-likeness (QED) is 0.583. The lowest BCUT2D eigenvalue weighted by atomic mass is 9.62. The van der Waals surface area contributed by atoms with Gasteiger partial charge in [-0.2, -0.15) is 0 Å². The lowest BCUT2D eigenvalue weighted by Gasteiger charge is -2.47. The van der Waals surface area contributed by atoms with Gasteiger partial charge in [0.2, 0.25) is 11.8 Å². The summed E-state index contributed by atoms with van der Waals surface area (Å²) in [4.78, 5) is 26.9. The lowest BCUT2D eigenvalue weighted by Crippen LogP contribution is -2.59. The average molecular weight is 281 g/mol. The third-order valence-corrected chi connectivity index (χ3v) is 5.72. The molecule has 1 aliphatic carbocycles. The van der Waals surface area contributed by atoms with Crippen LogP contribution in [0.25, 0.3) is 0 Å². The summed E-state index contributed by atoms with van der Waals surface area (Å²) in [7, 11) is 6.40. The van der Waals surface area contributed by atoms with Gasteiger partial charge in [0.05, 0.1) is 33.1 Å². The van der Waals surface area contributed by atoms with Gasteiger partial charge in [0.15, 0.2) is 0 Å². The molecule has 0 radical (unpaired) electrons. The van der Waals surface area contributed by atoms with Crippen LogP contribution >= 0.6 is 0 Å². The van der Waals surface area contributed by atoms with Crippen LogP contribution in [0.3, 0.4) is 0 Å². The molecular formula is C16H29N2O2+. The van der Waals surface area contributed by atoms with Crippen molar-refractivity contribution < 1.29 is 14.1 Å². The van der Waals surface area contributed by atoms with E-state index in [4.69, 9.17) is 0 Å². The van der Waals surface area contributed by atoms with Crippen molar-refractivity contribution in [1.82, 2.24) is 4.90 Å². The van der Waals surface area contributed by atoms with Gasteiger partial charge in [-0.1, -0.05) is 20.8 Å². The molecule has 4 nitrogen and oxygen atoms in total. The van der Waals surface area contributed by atoms with Crippen molar-refractivity contribution in [3.05, 3.63) is 0 Å². The Morgan fingerprint density at radius 1 is 1.20 bits per heavy atom. The van der Waals surface area contributed by atoms with Crippen molar-refractivity contribution in [2.45, 2.75) is 40.0 Å². The molecule has 0 unspecified atom stereocenters. The minimum absolute atomic E-state index is 0.0225. The first-order valence-electron chi connectivity index (χ1n) is 7.67. The molecule has 2 aliphatic rings. The number of rotatable bonds is 4. The second-order valence-electron chi connectivity index (χ2n) is 8.31. The van der Waals surface area contributed by atoms with Gasteiger partial charge >= 0.3 is 0 Å². The maximum absolute atomic E-state index is 12.8. The zero-order valence-electron chi connectivity index (χ0n) is 13.8. The first-order valence-corrected chi connectivity index (χ1v) is 7.67. The number of carbonyl (C=O) groups excluding carboxylic acids is 2. The predicted octanol–water partition coefficient (Wildman–Crippen LogP) is 1.89. The van der Waals surface area contributed by atoms with Gasteiger partial charge in [-0.15, -0.1) is 0 Å². The standard InChI is InChI=1S/C16H29N2O2/c1-15(2)12-8-9-16(15,3)14(20)17(13(12)19)10-7-11-18(4,5)6/h12H,7-11H2,1-6H3/q+1/t12-,16+/m1/s1. The highest BCUT2D eigenvalue weighted by Gasteiger charge is 2.64. The molecule has 0 aromatic rings. The second kappa shape index (κ2) is 4.55. The second-order valence-corrected chi connectivity index (χ2v) is 8.31. The molecule has 114 valence electrons. The van der Waals surface area contributed by atoms with Crippen LogP contribution in [0.5, 0.6) is 0 Å². The molecular weight excluding hydrogens is 252 g/mol. The third-order valence-electron chi connectivity index (χ3n) is 5.72. The number of imide groups is 1. The van der Waals surface area contributed by atoms with Crippen LogP contribution in [0.15, 0.2) is 0 Å². The largest absolute Gasteiger partial charge is 0.331 e. The number of amides is 2. The molecule has 2 amide bonds. The molecule has 0 N–H and O–H groups in total. The normalized spacial score (nSPS) is 32.9. The van der Waals surface area contributed by atoms with Gasteiger partial charge in [0, 0.05) is 18.9 Å². The number of hydrogen-bond acceptors (Lipinski definition) is 2. The number of piperidine rings is 1. The molecule has 2 bridgehead atoms. The fourth-order valence-corrected chi connectivity index (χ4v) is 3.82. The maximum Gasteiger partial charge on any atom is 0.235 e. The van der Waals surface area contributed by atoms with Gasteiger partial charge < -0.3 is 4.48 Å². The fourth-order valence-electron chi connectivity index (χ4n) is 3.82. The van der Waals surface area contributed by atoms with Gasteiger partial charge in [0.25, 0.3) is 0 Å². The van der Waals surface area contributed by atoms with E-state index in [1.54, 1.807) is 4.90 Å². The van der Waals surface area contributed by atoms with Gasteiger partial charge in [-0.05, 0) is 18.3 Å². The number of likely N-dealkylation sites (tertiary alicyclic amines) is 1. The van der Waals surface area contributed by atoms with Crippen LogP contribution in [0.2, 0.25) is 0 Å². The highest BCUT2D eigenvalue weighted by molar-refractivity contribution is 6.03. The molecule has 0 aromatic carbocycles. The molecule has 4 heteroatoms. The average Bonchev–Trinajstić information content (AvgIpc) is 2.48. The smallest absolute Gasteiger partial charge is 0.235 e. The summed E-state index contributed by atoms with van der Waals surface area (Å²) in [6.45, 7) is 7.78. The summed E-state index contributed by atoms with van der Waals surface area (Å²) in [6, 6.07) is 0. The van der Waals surface area contributed by atoms with E-state index in [1.807, 2.05) is 0 Å². The number of fused-ring (bicyclic) bond motifs is 2. The zero-order valence-corrected chi connectivity index (χ0v) is 13.8. The third kappa shape index (κ3) is 2.18. The molecule has 2 fully saturated rings. The molecule has 0 aromatic heterocycles. The lowest BCUT2D eigenvalue weighted by molar-refractivity contribution is -0.870. The highest BCUT2D eigenvalue weighted by Crippen LogP contribution is 2.59. The van der Waals surface area contributed by atoms with Gasteiger partial charge in [-0.3, -0.25) is 14.5 Å². The minimum atomic E-state index is -0.359. The number of hydrogen-bond donors (Lipinski definition) is 0. The Morgan fingerprint density at radius 3 is 2.35 bits per heavy atom. The SMILES string of the molecule is CC1(C)[C@@H]2CC[C@@]1(C)C(=O)N(CCC[N+](C)(C)C)C2=O. The first-order chi connectivity index (χ1) is 9.01. The van der Waals surface area contributed by atoms with Crippen molar-refractivity contribution in [2.24, 2.45) is 16.7 Å². The van der Waals surface area contributed by atoms with Crippen LogP contribution in [-0.4, -0.2) is 55.4 Å². The van der Waals surface area contributed by atoms with Crippen molar-refractivity contribution in [2.75, 3.05) is 34.2 Å². The topological polar surface area (TPSA) is 37.4 Å². The van der Waals surface area contributed by atoms with E-state index < -0.39 is 0 Å². The summed E-state index contributed by atoms with van der Waals surface area (Å²) in [5.74, 6) is 0.147. The zero-order chi connectivity index (χ0) is 15.3. The van der Waals surface area contributed by atoms with Crippen LogP contribution in [0, 0.1) is 16.7 Å². The molecule has 2 rings (SSSR count). The van der Waals surface area contributed by atoms with Crippen molar-refractivity contribution in [1.29, 1.82) is 0 Å². The van der Waals surface area contributed by atoms with Crippen LogP contribution in [-0.2, 0) is 9.59 Å². The van der Waals surface area contributed by atoms with E-state index in [-0.39, 0.29) is 28.6 Å². The first kappa shape index (κ1) is 15.5. The molecule has 1 aliphatic heterocycles. The van der Waals surface area contributed by atoms with E-state index in [9.17, 15) is 9.59 Å². The Morgan fingerprint density at radius 2 is 1.80 bits per heavy atom. The molecule has 0 spiro atoms. The number of carbonyl (C=O) groups is 2. The Balaban J connectivity index is 2.13. The summed E-state index contributed by atoms with van der Waals surface area (Å²) in [5, 5.41) is 0. The Labute approximate surface area is 122 Å². The molecule has 2 atom stereocenters. The Hall–Kier alpha value is -0.900.